The van der Waals surface area contributed by atoms with E-state index in [0.29, 0.717) is 17.0 Å². The van der Waals surface area contributed by atoms with E-state index in [2.05, 4.69) is 0 Å². The van der Waals surface area contributed by atoms with E-state index in [1.54, 1.807) is 24.3 Å². The summed E-state index contributed by atoms with van der Waals surface area (Å²) in [6.07, 6.45) is 3.82. The first kappa shape index (κ1) is 18.3. The fraction of sp³-hybridized carbons (Fsp3) is 0.130. The van der Waals surface area contributed by atoms with Gasteiger partial charge in [0.15, 0.2) is 0 Å². The summed E-state index contributed by atoms with van der Waals surface area (Å²) in [5.41, 5.74) is 2.60. The van der Waals surface area contributed by atoms with Gasteiger partial charge < -0.3 is 0 Å². The van der Waals surface area contributed by atoms with Crippen LogP contribution in [0.4, 0.5) is 8.78 Å². The Morgan fingerprint density at radius 1 is 0.846 bits per heavy atom. The minimum atomic E-state index is -0.511. The van der Waals surface area contributed by atoms with Gasteiger partial charge in [0.1, 0.15) is 11.6 Å². The molecule has 0 bridgehead atoms. The molecule has 132 valence electrons. The van der Waals surface area contributed by atoms with Crippen molar-refractivity contribution in [3.05, 3.63) is 106 Å². The van der Waals surface area contributed by atoms with Gasteiger partial charge in [0, 0.05) is 10.6 Å². The van der Waals surface area contributed by atoms with Crippen molar-refractivity contribution in [2.75, 3.05) is 0 Å². The summed E-state index contributed by atoms with van der Waals surface area (Å²) in [7, 11) is 0. The summed E-state index contributed by atoms with van der Waals surface area (Å²) in [6.45, 7) is 1.97. The Morgan fingerprint density at radius 2 is 1.42 bits per heavy atom. The van der Waals surface area contributed by atoms with E-state index in [1.165, 1.54) is 12.1 Å². The molecule has 0 aliphatic carbocycles. The van der Waals surface area contributed by atoms with Gasteiger partial charge in [-0.25, -0.2) is 8.78 Å². The summed E-state index contributed by atoms with van der Waals surface area (Å²) >= 11 is 5.85. The maximum Gasteiger partial charge on any atom is 0.129 e. The van der Waals surface area contributed by atoms with Gasteiger partial charge in [0.2, 0.25) is 0 Å². The highest BCUT2D eigenvalue weighted by Crippen LogP contribution is 2.25. The molecule has 0 aliphatic heterocycles. The second-order valence-corrected chi connectivity index (χ2v) is 6.80. The zero-order valence-corrected chi connectivity index (χ0v) is 15.2. The Hall–Kier alpha value is -2.45. The van der Waals surface area contributed by atoms with Crippen LogP contribution in [0.15, 0.2) is 66.7 Å². The number of benzene rings is 3. The van der Waals surface area contributed by atoms with Gasteiger partial charge >= 0.3 is 0 Å². The van der Waals surface area contributed by atoms with Crippen molar-refractivity contribution < 1.29 is 8.78 Å². The maximum absolute atomic E-state index is 14.5. The average molecular weight is 369 g/mol. The molecular weight excluding hydrogens is 350 g/mol. The predicted molar refractivity (Wildman–Crippen MR) is 105 cm³/mol. The minimum absolute atomic E-state index is 0.0376. The zero-order chi connectivity index (χ0) is 18.5. The van der Waals surface area contributed by atoms with Gasteiger partial charge in [0.05, 0.1) is 0 Å². The predicted octanol–water partition coefficient (Wildman–Crippen LogP) is 7.13. The van der Waals surface area contributed by atoms with Crippen molar-refractivity contribution in [2.45, 2.75) is 19.3 Å². The Kier molecular flexibility index (Phi) is 5.85. The maximum atomic E-state index is 14.5. The lowest BCUT2D eigenvalue weighted by atomic mass is 9.92. The zero-order valence-electron chi connectivity index (χ0n) is 14.4. The average Bonchev–Trinajstić information content (AvgIpc) is 2.65. The fourth-order valence-corrected chi connectivity index (χ4v) is 3.01. The van der Waals surface area contributed by atoms with Crippen molar-refractivity contribution in [1.29, 1.82) is 0 Å². The summed E-state index contributed by atoms with van der Waals surface area (Å²) in [5.74, 6) is -0.984. The number of rotatable bonds is 5. The molecule has 0 N–H and O–H groups in total. The molecule has 26 heavy (non-hydrogen) atoms. The van der Waals surface area contributed by atoms with Crippen molar-refractivity contribution >= 4 is 23.8 Å². The quantitative estimate of drug-likeness (QED) is 0.420. The molecule has 1 atom stereocenters. The lowest BCUT2D eigenvalue weighted by Gasteiger charge is -2.13. The third-order valence-electron chi connectivity index (χ3n) is 4.38. The largest absolute Gasteiger partial charge is 0.207 e. The first-order valence-corrected chi connectivity index (χ1v) is 8.87. The van der Waals surface area contributed by atoms with E-state index in [0.717, 1.165) is 11.1 Å². The third-order valence-corrected chi connectivity index (χ3v) is 4.63. The fourth-order valence-electron chi connectivity index (χ4n) is 2.89. The monoisotopic (exact) mass is 368 g/mol. The lowest BCUT2D eigenvalue weighted by Crippen LogP contribution is -2.04. The van der Waals surface area contributed by atoms with Crippen LogP contribution in [-0.2, 0) is 6.42 Å². The minimum Gasteiger partial charge on any atom is -0.207 e. The van der Waals surface area contributed by atoms with Crippen LogP contribution in [0.2, 0.25) is 5.02 Å². The van der Waals surface area contributed by atoms with E-state index < -0.39 is 11.6 Å². The van der Waals surface area contributed by atoms with Crippen LogP contribution in [0.1, 0.15) is 35.1 Å². The van der Waals surface area contributed by atoms with Gasteiger partial charge in [0.25, 0.3) is 0 Å². The van der Waals surface area contributed by atoms with Crippen molar-refractivity contribution in [3.8, 4) is 0 Å². The molecule has 3 aromatic carbocycles. The first-order valence-electron chi connectivity index (χ1n) is 8.49. The summed E-state index contributed by atoms with van der Waals surface area (Å²) in [5, 5.41) is 0.649. The van der Waals surface area contributed by atoms with E-state index >= 15 is 0 Å². The molecule has 0 saturated heterocycles. The Bertz CT molecular complexity index is 876. The van der Waals surface area contributed by atoms with Gasteiger partial charge in [-0.3, -0.25) is 0 Å². The van der Waals surface area contributed by atoms with Crippen LogP contribution < -0.4 is 0 Å². The third kappa shape index (κ3) is 4.59. The summed E-state index contributed by atoms with van der Waals surface area (Å²) in [4.78, 5) is 0. The molecule has 0 aromatic heterocycles. The van der Waals surface area contributed by atoms with Crippen LogP contribution >= 0.6 is 11.6 Å². The second-order valence-electron chi connectivity index (χ2n) is 6.36. The number of hydrogen-bond acceptors (Lipinski definition) is 0. The molecule has 0 unspecified atom stereocenters. The topological polar surface area (TPSA) is 0 Å². The molecule has 0 aliphatic rings. The van der Waals surface area contributed by atoms with Crippen molar-refractivity contribution in [1.82, 2.24) is 0 Å². The number of hydrogen-bond donors (Lipinski definition) is 0. The lowest BCUT2D eigenvalue weighted by molar-refractivity contribution is 0.543. The van der Waals surface area contributed by atoms with E-state index in [9.17, 15) is 8.78 Å². The van der Waals surface area contributed by atoms with Crippen molar-refractivity contribution in [2.24, 2.45) is 0 Å². The van der Waals surface area contributed by atoms with Gasteiger partial charge in [-0.1, -0.05) is 73.1 Å². The second kappa shape index (κ2) is 8.29. The first-order chi connectivity index (χ1) is 12.5. The van der Waals surface area contributed by atoms with E-state index in [-0.39, 0.29) is 11.5 Å². The number of halogens is 3. The molecule has 0 radical (unpaired) electrons. The molecule has 0 nitrogen and oxygen atoms in total. The molecule has 0 amide bonds. The summed E-state index contributed by atoms with van der Waals surface area (Å²) < 4.78 is 28.9. The molecular formula is C23H19ClF2. The molecule has 0 heterocycles. The van der Waals surface area contributed by atoms with Crippen LogP contribution in [-0.4, -0.2) is 0 Å². The molecule has 3 heteroatoms. The molecule has 0 saturated carbocycles. The summed E-state index contributed by atoms with van der Waals surface area (Å²) in [6, 6.07) is 19.7. The van der Waals surface area contributed by atoms with Gasteiger partial charge in [-0.2, -0.15) is 0 Å². The Balaban J connectivity index is 1.78. The standard InChI is InChI=1S/C23H19ClF2/c1-16(19-5-3-2-4-6-19)13-21-22(25)14-18(15-23(21)26)8-7-17-9-11-20(24)12-10-17/h2-12,14-16H,13H2,1H3/t16-/m1/s1. The van der Waals surface area contributed by atoms with Gasteiger partial charge in [-0.05, 0) is 53.3 Å². The Labute approximate surface area is 157 Å². The molecule has 0 fully saturated rings. The highest BCUT2D eigenvalue weighted by molar-refractivity contribution is 6.30. The SMILES string of the molecule is C[C@H](Cc1c(F)cc(C=Cc2ccc(Cl)cc2)cc1F)c1ccccc1. The molecule has 3 aromatic rings. The van der Waals surface area contributed by atoms with Crippen molar-refractivity contribution in [3.63, 3.8) is 0 Å². The smallest absolute Gasteiger partial charge is 0.129 e. The van der Waals surface area contributed by atoms with Crippen LogP contribution in [0.25, 0.3) is 12.2 Å². The van der Waals surface area contributed by atoms with Crippen LogP contribution in [0.3, 0.4) is 0 Å². The Morgan fingerprint density at radius 3 is 2.04 bits per heavy atom. The van der Waals surface area contributed by atoms with Gasteiger partial charge in [-0.15, -0.1) is 0 Å². The highest BCUT2D eigenvalue weighted by atomic mass is 35.5. The molecule has 3 rings (SSSR count). The normalized spacial score (nSPS) is 12.5. The van der Waals surface area contributed by atoms with Crippen LogP contribution in [0.5, 0.6) is 0 Å². The highest BCUT2D eigenvalue weighted by Gasteiger charge is 2.15. The molecule has 0 spiro atoms. The van der Waals surface area contributed by atoms with E-state index in [4.69, 9.17) is 11.6 Å². The van der Waals surface area contributed by atoms with Crippen LogP contribution in [0, 0.1) is 11.6 Å². The van der Waals surface area contributed by atoms with E-state index in [1.807, 2.05) is 49.4 Å².